The van der Waals surface area contributed by atoms with Crippen molar-refractivity contribution in [1.29, 1.82) is 0 Å². The molecular weight excluding hydrogens is 312 g/mol. The minimum atomic E-state index is 0.541. The van der Waals surface area contributed by atoms with Crippen molar-refractivity contribution in [3.63, 3.8) is 0 Å². The Labute approximate surface area is 130 Å². The summed E-state index contributed by atoms with van der Waals surface area (Å²) in [5, 5.41) is 0. The maximum Gasteiger partial charge on any atom is 0.135 e. The molecule has 2 nitrogen and oxygen atoms in total. The molecule has 0 N–H and O–H groups in total. The van der Waals surface area contributed by atoms with E-state index in [1.54, 1.807) is 0 Å². The number of benzene rings is 1. The van der Waals surface area contributed by atoms with Crippen molar-refractivity contribution in [2.45, 2.75) is 26.8 Å². The van der Waals surface area contributed by atoms with Gasteiger partial charge in [0, 0.05) is 34.0 Å². The van der Waals surface area contributed by atoms with Crippen molar-refractivity contribution in [2.75, 3.05) is 32.8 Å². The van der Waals surface area contributed by atoms with Gasteiger partial charge < -0.3 is 4.48 Å². The summed E-state index contributed by atoms with van der Waals surface area (Å²) in [6.07, 6.45) is 1.43. The number of piperidine rings is 2. The second kappa shape index (κ2) is 4.08. The molecule has 0 spiro atoms. The van der Waals surface area contributed by atoms with E-state index >= 15 is 0 Å². The quantitative estimate of drug-likeness (QED) is 0.748. The SMILES string of the molecule is C[C@@]12CN3C[C@](C)(C1)C[N+](Cc1ccc(Br)cc1)(C3)C2. The molecule has 4 fully saturated rings. The summed E-state index contributed by atoms with van der Waals surface area (Å²) in [5.74, 6) is 0. The predicted molar refractivity (Wildman–Crippen MR) is 85.1 cm³/mol. The fourth-order valence-corrected chi connectivity index (χ4v) is 6.19. The summed E-state index contributed by atoms with van der Waals surface area (Å²) in [6, 6.07) is 8.95. The van der Waals surface area contributed by atoms with Crippen LogP contribution in [0.25, 0.3) is 0 Å². The number of quaternary nitrogens is 1. The highest BCUT2D eigenvalue weighted by molar-refractivity contribution is 9.10. The highest BCUT2D eigenvalue weighted by atomic mass is 79.9. The van der Waals surface area contributed by atoms with Gasteiger partial charge in [-0.15, -0.1) is 0 Å². The van der Waals surface area contributed by atoms with Crippen molar-refractivity contribution in [3.05, 3.63) is 34.3 Å². The summed E-state index contributed by atoms with van der Waals surface area (Å²) in [7, 11) is 0. The van der Waals surface area contributed by atoms with Crippen molar-refractivity contribution >= 4 is 15.9 Å². The van der Waals surface area contributed by atoms with Gasteiger partial charge in [-0.3, -0.25) is 4.90 Å². The first-order valence-corrected chi connectivity index (χ1v) is 8.49. The molecule has 0 amide bonds. The van der Waals surface area contributed by atoms with Gasteiger partial charge in [0.2, 0.25) is 0 Å². The lowest BCUT2D eigenvalue weighted by Gasteiger charge is -2.66. The predicted octanol–water partition coefficient (Wildman–Crippen LogP) is 3.47. The summed E-state index contributed by atoms with van der Waals surface area (Å²) in [5.41, 5.74) is 2.57. The zero-order valence-corrected chi connectivity index (χ0v) is 14.1. The average Bonchev–Trinajstić information content (AvgIpc) is 2.27. The maximum absolute atomic E-state index is 3.54. The van der Waals surface area contributed by atoms with E-state index in [4.69, 9.17) is 0 Å². The van der Waals surface area contributed by atoms with Crippen LogP contribution in [0.2, 0.25) is 0 Å². The normalized spacial score (nSPS) is 45.9. The number of hydrogen-bond donors (Lipinski definition) is 0. The fraction of sp³-hybridized carbons (Fsp3) is 0.647. The Morgan fingerprint density at radius 1 is 1.10 bits per heavy atom. The number of rotatable bonds is 2. The van der Waals surface area contributed by atoms with Crippen LogP contribution >= 0.6 is 15.9 Å². The molecule has 4 aliphatic heterocycles. The third-order valence-corrected chi connectivity index (χ3v) is 5.96. The Bertz CT molecular complexity index is 520. The first kappa shape index (κ1) is 13.3. The molecule has 4 bridgehead atoms. The lowest BCUT2D eigenvalue weighted by molar-refractivity contribution is -0.981. The molecule has 2 atom stereocenters. The van der Waals surface area contributed by atoms with E-state index in [1.165, 1.54) is 60.3 Å². The Morgan fingerprint density at radius 2 is 1.70 bits per heavy atom. The lowest BCUT2D eigenvalue weighted by Crippen LogP contribution is -2.77. The monoisotopic (exact) mass is 335 g/mol. The van der Waals surface area contributed by atoms with Crippen molar-refractivity contribution < 1.29 is 4.48 Å². The van der Waals surface area contributed by atoms with Gasteiger partial charge in [0.1, 0.15) is 13.2 Å². The highest BCUT2D eigenvalue weighted by Crippen LogP contribution is 2.52. The van der Waals surface area contributed by atoms with E-state index in [9.17, 15) is 0 Å². The number of halogens is 1. The highest BCUT2D eigenvalue weighted by Gasteiger charge is 2.60. The van der Waals surface area contributed by atoms with E-state index in [0.29, 0.717) is 10.8 Å². The van der Waals surface area contributed by atoms with Gasteiger partial charge in [-0.05, 0) is 18.6 Å². The zero-order chi connectivity index (χ0) is 14.0. The van der Waals surface area contributed by atoms with E-state index in [-0.39, 0.29) is 0 Å². The summed E-state index contributed by atoms with van der Waals surface area (Å²) < 4.78 is 2.47. The second-order valence-corrected chi connectivity index (χ2v) is 9.28. The molecule has 1 aromatic carbocycles. The van der Waals surface area contributed by atoms with Crippen LogP contribution < -0.4 is 0 Å². The van der Waals surface area contributed by atoms with Crippen LogP contribution in [0.5, 0.6) is 0 Å². The van der Waals surface area contributed by atoms with Crippen LogP contribution in [0.4, 0.5) is 0 Å². The largest absolute Gasteiger partial charge is 0.306 e. The minimum absolute atomic E-state index is 0.541. The second-order valence-electron chi connectivity index (χ2n) is 8.37. The van der Waals surface area contributed by atoms with Gasteiger partial charge in [0.15, 0.2) is 0 Å². The first-order valence-electron chi connectivity index (χ1n) is 7.70. The van der Waals surface area contributed by atoms with Crippen LogP contribution in [0.3, 0.4) is 0 Å². The molecular formula is C17H24BrN2+. The van der Waals surface area contributed by atoms with Gasteiger partial charge in [-0.2, -0.15) is 0 Å². The van der Waals surface area contributed by atoms with Crippen LogP contribution in [0.1, 0.15) is 25.8 Å². The van der Waals surface area contributed by atoms with Gasteiger partial charge in [-0.1, -0.05) is 41.9 Å². The molecule has 0 saturated carbocycles. The molecule has 5 rings (SSSR count). The van der Waals surface area contributed by atoms with Crippen molar-refractivity contribution in [1.82, 2.24) is 4.90 Å². The standard InChI is InChI=1S/C17H24BrN2/c1-16-8-17(2)10-19(9-16)13-20(11-16,12-17)7-14-3-5-15(18)6-4-14/h3-6H,7-13H2,1-2H3/q+1/t16-,17-/m0/s1. The first-order chi connectivity index (χ1) is 9.38. The third kappa shape index (κ3) is 2.15. The van der Waals surface area contributed by atoms with E-state index < -0.39 is 0 Å². The lowest BCUT2D eigenvalue weighted by atomic mass is 9.63. The summed E-state index contributed by atoms with van der Waals surface area (Å²) >= 11 is 3.54. The topological polar surface area (TPSA) is 3.24 Å². The molecule has 20 heavy (non-hydrogen) atoms. The average molecular weight is 336 g/mol. The van der Waals surface area contributed by atoms with Crippen molar-refractivity contribution in [3.8, 4) is 0 Å². The maximum atomic E-state index is 3.54. The third-order valence-electron chi connectivity index (χ3n) is 5.43. The Morgan fingerprint density at radius 3 is 2.25 bits per heavy atom. The smallest absolute Gasteiger partial charge is 0.135 e. The molecule has 0 aromatic heterocycles. The van der Waals surface area contributed by atoms with Crippen LogP contribution in [-0.2, 0) is 6.54 Å². The minimum Gasteiger partial charge on any atom is -0.306 e. The van der Waals surface area contributed by atoms with E-state index in [2.05, 4.69) is 58.9 Å². The molecule has 4 saturated heterocycles. The van der Waals surface area contributed by atoms with Crippen LogP contribution in [0.15, 0.2) is 28.7 Å². The molecule has 0 radical (unpaired) electrons. The Hall–Kier alpha value is -0.380. The molecule has 1 aromatic rings. The van der Waals surface area contributed by atoms with Crippen LogP contribution in [0, 0.1) is 10.8 Å². The summed E-state index contributed by atoms with van der Waals surface area (Å²) in [6.45, 7) is 12.9. The van der Waals surface area contributed by atoms with Gasteiger partial charge >= 0.3 is 0 Å². The molecule has 0 aliphatic carbocycles. The number of nitrogens with zero attached hydrogens (tertiary/aromatic N) is 2. The molecule has 108 valence electrons. The zero-order valence-electron chi connectivity index (χ0n) is 12.5. The van der Waals surface area contributed by atoms with E-state index in [1.807, 2.05) is 0 Å². The molecule has 3 heteroatoms. The van der Waals surface area contributed by atoms with Gasteiger partial charge in [-0.25, -0.2) is 0 Å². The van der Waals surface area contributed by atoms with Crippen LogP contribution in [-0.4, -0.2) is 42.2 Å². The Balaban J connectivity index is 1.65. The van der Waals surface area contributed by atoms with Gasteiger partial charge in [0.25, 0.3) is 0 Å². The Kier molecular flexibility index (Phi) is 2.72. The fourth-order valence-electron chi connectivity index (χ4n) is 5.93. The molecule has 4 heterocycles. The van der Waals surface area contributed by atoms with Crippen molar-refractivity contribution in [2.24, 2.45) is 10.8 Å². The number of hydrogen-bond acceptors (Lipinski definition) is 1. The van der Waals surface area contributed by atoms with Gasteiger partial charge in [0.05, 0.1) is 13.1 Å². The van der Waals surface area contributed by atoms with E-state index in [0.717, 1.165) is 0 Å². The summed E-state index contributed by atoms with van der Waals surface area (Å²) in [4.78, 5) is 2.73. The molecule has 0 unspecified atom stereocenters. The molecule has 4 aliphatic rings.